The summed E-state index contributed by atoms with van der Waals surface area (Å²) in [7, 11) is 0. The Kier molecular flexibility index (Phi) is 5.42. The monoisotopic (exact) mass is 435 g/mol. The summed E-state index contributed by atoms with van der Waals surface area (Å²) in [5, 5.41) is 2.44. The molecule has 2 aromatic rings. The van der Waals surface area contributed by atoms with Crippen LogP contribution in [-0.2, 0) is 4.79 Å². The van der Waals surface area contributed by atoms with E-state index in [1.807, 2.05) is 0 Å². The molecule has 31 heavy (non-hydrogen) atoms. The number of hydrogen-bond acceptors (Lipinski definition) is 6. The van der Waals surface area contributed by atoms with E-state index in [0.717, 1.165) is 31.2 Å². The van der Waals surface area contributed by atoms with Crippen LogP contribution in [0.2, 0.25) is 0 Å². The smallest absolute Gasteiger partial charge is 0.282 e. The molecule has 0 radical (unpaired) electrons. The van der Waals surface area contributed by atoms with Crippen molar-refractivity contribution < 1.29 is 27.5 Å². The molecule has 1 saturated carbocycles. The Morgan fingerprint density at radius 1 is 1.26 bits per heavy atom. The minimum absolute atomic E-state index is 0.0209. The highest BCUT2D eigenvalue weighted by molar-refractivity contribution is 5.96. The van der Waals surface area contributed by atoms with Crippen LogP contribution in [-0.4, -0.2) is 47.4 Å². The topological polar surface area (TPSA) is 110 Å². The number of halogens is 3. The Labute approximate surface area is 175 Å². The van der Waals surface area contributed by atoms with Gasteiger partial charge in [0, 0.05) is 0 Å². The van der Waals surface area contributed by atoms with Crippen molar-refractivity contribution in [3.63, 3.8) is 0 Å². The van der Waals surface area contributed by atoms with Crippen molar-refractivity contribution in [3.8, 4) is 5.88 Å². The number of nitrogens with two attached hydrogens (primary N) is 1. The first kappa shape index (κ1) is 20.9. The quantitative estimate of drug-likeness (QED) is 0.655. The summed E-state index contributed by atoms with van der Waals surface area (Å²) in [6, 6.07) is 3.71. The summed E-state index contributed by atoms with van der Waals surface area (Å²) in [5.41, 5.74) is 5.50. The number of nitrogens with zero attached hydrogens (tertiary/aromatic N) is 3. The fourth-order valence-corrected chi connectivity index (χ4v) is 3.11. The van der Waals surface area contributed by atoms with Crippen molar-refractivity contribution in [1.29, 1.82) is 0 Å². The number of carbonyl (C=O) groups excluding carboxylic acids is 2. The minimum Gasteiger partial charge on any atom is -0.475 e. The molecule has 2 amide bonds. The van der Waals surface area contributed by atoms with E-state index in [1.165, 1.54) is 17.0 Å². The van der Waals surface area contributed by atoms with Crippen LogP contribution in [0.1, 0.15) is 34.9 Å². The van der Waals surface area contributed by atoms with Crippen LogP contribution >= 0.6 is 0 Å². The van der Waals surface area contributed by atoms with Gasteiger partial charge in [-0.25, -0.2) is 23.1 Å². The number of hydrogen-bond donors (Lipinski definition) is 2. The first-order chi connectivity index (χ1) is 14.7. The second-order valence-corrected chi connectivity index (χ2v) is 7.71. The Hall–Kier alpha value is -3.37. The van der Waals surface area contributed by atoms with E-state index in [2.05, 4.69) is 15.3 Å². The molecule has 2 aliphatic rings. The number of benzene rings is 1. The van der Waals surface area contributed by atoms with Crippen LogP contribution in [0.3, 0.4) is 0 Å². The molecule has 1 aliphatic carbocycles. The molecule has 0 unspecified atom stereocenters. The molecule has 3 N–H and O–H groups in total. The van der Waals surface area contributed by atoms with Crippen molar-refractivity contribution in [2.45, 2.75) is 24.8 Å². The lowest BCUT2D eigenvalue weighted by Gasteiger charge is -2.39. The van der Waals surface area contributed by atoms with Gasteiger partial charge in [0.2, 0.25) is 5.91 Å². The Morgan fingerprint density at radius 2 is 1.94 bits per heavy atom. The van der Waals surface area contributed by atoms with Crippen molar-refractivity contribution in [1.82, 2.24) is 15.3 Å². The zero-order chi connectivity index (χ0) is 22.2. The largest absolute Gasteiger partial charge is 0.475 e. The summed E-state index contributed by atoms with van der Waals surface area (Å²) >= 11 is 0. The zero-order valence-corrected chi connectivity index (χ0v) is 16.4. The highest BCUT2D eigenvalue weighted by atomic mass is 19.3. The molecule has 1 saturated heterocycles. The number of rotatable bonds is 8. The van der Waals surface area contributed by atoms with Gasteiger partial charge in [-0.15, -0.1) is 0 Å². The number of primary amides is 1. The van der Waals surface area contributed by atoms with Gasteiger partial charge in [0.15, 0.2) is 11.5 Å². The Morgan fingerprint density at radius 3 is 2.52 bits per heavy atom. The van der Waals surface area contributed by atoms with E-state index in [4.69, 9.17) is 10.5 Å². The lowest BCUT2D eigenvalue weighted by molar-refractivity contribution is -0.120. The molecular weight excluding hydrogens is 415 g/mol. The third-order valence-corrected chi connectivity index (χ3v) is 5.01. The predicted octanol–water partition coefficient (Wildman–Crippen LogP) is 1.82. The summed E-state index contributed by atoms with van der Waals surface area (Å²) in [4.78, 5) is 34.1. The number of carbonyl (C=O) groups is 2. The number of alkyl halides is 2. The molecule has 1 aromatic carbocycles. The molecule has 1 atom stereocenters. The maximum Gasteiger partial charge on any atom is 0.282 e. The zero-order valence-electron chi connectivity index (χ0n) is 16.4. The van der Waals surface area contributed by atoms with Gasteiger partial charge in [-0.05, 0) is 36.5 Å². The van der Waals surface area contributed by atoms with Gasteiger partial charge in [-0.2, -0.15) is 0 Å². The first-order valence-electron chi connectivity index (χ1n) is 9.70. The molecule has 8 nitrogen and oxygen atoms in total. The predicted molar refractivity (Wildman–Crippen MR) is 103 cm³/mol. The van der Waals surface area contributed by atoms with Crippen molar-refractivity contribution in [3.05, 3.63) is 47.5 Å². The van der Waals surface area contributed by atoms with Gasteiger partial charge in [-0.1, -0.05) is 12.1 Å². The van der Waals surface area contributed by atoms with E-state index in [-0.39, 0.29) is 17.4 Å². The molecular formula is C20H20F3N5O3. The maximum atomic E-state index is 13.3. The van der Waals surface area contributed by atoms with Crippen LogP contribution in [0.25, 0.3) is 0 Å². The second kappa shape index (κ2) is 8.05. The fraction of sp³-hybridized carbons (Fsp3) is 0.400. The van der Waals surface area contributed by atoms with Crippen LogP contribution in [0.4, 0.5) is 19.0 Å². The van der Waals surface area contributed by atoms with Gasteiger partial charge in [-0.3, -0.25) is 9.59 Å². The highest BCUT2D eigenvalue weighted by Gasteiger charge is 2.46. The standard InChI is InChI=1S/C20H20F3N5O3/c21-13-5-3-12(4-6-13)15(16(24)29)27-18(30)14-7-25-17(28-9-20(22,23)10-28)19(26-14)31-8-11-1-2-11/h3-7,11,15H,1-2,8-10H2,(H2,24,29)(H,27,30)/t15-/m0/s1. The number of ether oxygens (including phenoxy) is 1. The van der Waals surface area contributed by atoms with Crippen molar-refractivity contribution in [2.24, 2.45) is 11.7 Å². The molecule has 0 spiro atoms. The lowest BCUT2D eigenvalue weighted by atomic mass is 10.1. The molecule has 1 aromatic heterocycles. The van der Waals surface area contributed by atoms with E-state index in [9.17, 15) is 22.8 Å². The maximum absolute atomic E-state index is 13.3. The average Bonchev–Trinajstić information content (AvgIpc) is 3.53. The van der Waals surface area contributed by atoms with Gasteiger partial charge in [0.25, 0.3) is 17.7 Å². The van der Waals surface area contributed by atoms with Crippen LogP contribution in [0.15, 0.2) is 30.5 Å². The van der Waals surface area contributed by atoms with E-state index in [1.54, 1.807) is 0 Å². The summed E-state index contributed by atoms with van der Waals surface area (Å²) in [6.07, 6.45) is 3.12. The van der Waals surface area contributed by atoms with Crippen molar-refractivity contribution in [2.75, 3.05) is 24.6 Å². The Bertz CT molecular complexity index is 990. The number of anilines is 1. The minimum atomic E-state index is -2.81. The summed E-state index contributed by atoms with van der Waals surface area (Å²) in [6.45, 7) is -0.681. The van der Waals surface area contributed by atoms with Gasteiger partial charge < -0.3 is 20.7 Å². The van der Waals surface area contributed by atoms with Gasteiger partial charge in [0.05, 0.1) is 25.9 Å². The second-order valence-electron chi connectivity index (χ2n) is 7.71. The highest BCUT2D eigenvalue weighted by Crippen LogP contribution is 2.36. The van der Waals surface area contributed by atoms with E-state index in [0.29, 0.717) is 18.1 Å². The molecule has 11 heteroatoms. The van der Waals surface area contributed by atoms with Crippen LogP contribution in [0, 0.1) is 11.7 Å². The van der Waals surface area contributed by atoms with Gasteiger partial charge in [0.1, 0.15) is 11.9 Å². The summed E-state index contributed by atoms with van der Waals surface area (Å²) in [5.74, 6) is -4.46. The molecule has 4 rings (SSSR count). The fourth-order valence-electron chi connectivity index (χ4n) is 3.11. The van der Waals surface area contributed by atoms with Gasteiger partial charge >= 0.3 is 0 Å². The number of nitrogens with one attached hydrogen (secondary N) is 1. The average molecular weight is 435 g/mol. The molecule has 164 valence electrons. The summed E-state index contributed by atoms with van der Waals surface area (Å²) < 4.78 is 45.4. The molecule has 0 bridgehead atoms. The van der Waals surface area contributed by atoms with E-state index >= 15 is 0 Å². The Balaban J connectivity index is 1.54. The molecule has 2 fully saturated rings. The molecule has 1 aliphatic heterocycles. The SMILES string of the molecule is NC(=O)[C@@H](NC(=O)c1cnc(N2CC(F)(F)C2)c(OCC2CC2)n1)c1ccc(F)cc1. The molecule has 2 heterocycles. The normalized spacial score (nSPS) is 18.1. The van der Waals surface area contributed by atoms with E-state index < -0.39 is 42.7 Å². The number of amides is 2. The van der Waals surface area contributed by atoms with Crippen LogP contribution < -0.4 is 20.7 Å². The first-order valence-corrected chi connectivity index (χ1v) is 9.70. The third-order valence-electron chi connectivity index (χ3n) is 5.01. The third kappa shape index (κ3) is 4.86. The number of aromatic nitrogens is 2. The van der Waals surface area contributed by atoms with Crippen LogP contribution in [0.5, 0.6) is 5.88 Å². The van der Waals surface area contributed by atoms with Crippen molar-refractivity contribution >= 4 is 17.6 Å². The lowest BCUT2D eigenvalue weighted by Crippen LogP contribution is -2.56.